The van der Waals surface area contributed by atoms with E-state index in [0.717, 1.165) is 0 Å². The van der Waals surface area contributed by atoms with Crippen molar-refractivity contribution in [2.45, 2.75) is 12.1 Å². The van der Waals surface area contributed by atoms with Gasteiger partial charge in [-0.05, 0) is 36.4 Å². The van der Waals surface area contributed by atoms with Gasteiger partial charge in [0.1, 0.15) is 11.9 Å². The van der Waals surface area contributed by atoms with Gasteiger partial charge in [-0.1, -0.05) is 0 Å². The maximum Gasteiger partial charge on any atom is 0.338 e. The summed E-state index contributed by atoms with van der Waals surface area (Å²) >= 11 is 0. The normalized spacial score (nSPS) is 20.3. The Morgan fingerprint density at radius 1 is 1.11 bits per heavy atom. The van der Waals surface area contributed by atoms with Crippen LogP contribution in [0.1, 0.15) is 10.4 Å². The van der Waals surface area contributed by atoms with E-state index < -0.39 is 32.9 Å². The first-order valence-corrected chi connectivity index (χ1v) is 10.2. The van der Waals surface area contributed by atoms with Crippen LogP contribution in [0.25, 0.3) is 0 Å². The molecular weight excluding hydrogens is 388 g/mol. The SMILES string of the molecule is COc1ccc(NC2CS(=O)(=O)CC2OC(=O)c2ccc([N+](=O)[O-])cc2)cc1. The quantitative estimate of drug-likeness (QED) is 0.439. The van der Waals surface area contributed by atoms with Gasteiger partial charge in [0.2, 0.25) is 0 Å². The number of nitrogens with one attached hydrogen (secondary N) is 1. The number of sulfone groups is 1. The third kappa shape index (κ3) is 4.58. The number of anilines is 1. The maximum absolute atomic E-state index is 12.3. The van der Waals surface area contributed by atoms with Gasteiger partial charge in [-0.15, -0.1) is 0 Å². The fraction of sp³-hybridized carbons (Fsp3) is 0.278. The number of non-ortho nitro benzene ring substituents is 1. The van der Waals surface area contributed by atoms with Crippen LogP contribution in [0, 0.1) is 10.1 Å². The largest absolute Gasteiger partial charge is 0.497 e. The first kappa shape index (κ1) is 19.6. The number of hydrogen-bond donors (Lipinski definition) is 1. The van der Waals surface area contributed by atoms with Crippen LogP contribution >= 0.6 is 0 Å². The van der Waals surface area contributed by atoms with E-state index in [1.165, 1.54) is 24.3 Å². The highest BCUT2D eigenvalue weighted by Gasteiger charge is 2.40. The summed E-state index contributed by atoms with van der Waals surface area (Å²) in [5.41, 5.74) is 0.622. The molecule has 1 aliphatic heterocycles. The number of nitro benzene ring substituents is 1. The zero-order valence-electron chi connectivity index (χ0n) is 14.9. The molecule has 0 amide bonds. The van der Waals surface area contributed by atoms with E-state index in [2.05, 4.69) is 5.32 Å². The van der Waals surface area contributed by atoms with Crippen LogP contribution in [0.3, 0.4) is 0 Å². The molecule has 3 rings (SSSR count). The van der Waals surface area contributed by atoms with Crippen molar-refractivity contribution < 1.29 is 27.6 Å². The lowest BCUT2D eigenvalue weighted by atomic mass is 10.1. The number of rotatable bonds is 6. The number of hydrogen-bond acceptors (Lipinski definition) is 8. The summed E-state index contributed by atoms with van der Waals surface area (Å²) in [5, 5.41) is 13.8. The minimum absolute atomic E-state index is 0.109. The van der Waals surface area contributed by atoms with E-state index in [1.807, 2.05) is 0 Å². The zero-order chi connectivity index (χ0) is 20.3. The van der Waals surface area contributed by atoms with Crippen LogP contribution in [-0.4, -0.2) is 50.1 Å². The lowest BCUT2D eigenvalue weighted by molar-refractivity contribution is -0.384. The van der Waals surface area contributed by atoms with Gasteiger partial charge in [-0.2, -0.15) is 0 Å². The molecule has 0 aliphatic carbocycles. The Bertz CT molecular complexity index is 972. The summed E-state index contributed by atoms with van der Waals surface area (Å²) < 4.78 is 34.6. The van der Waals surface area contributed by atoms with Gasteiger partial charge < -0.3 is 14.8 Å². The smallest absolute Gasteiger partial charge is 0.338 e. The molecule has 2 aromatic carbocycles. The van der Waals surface area contributed by atoms with Gasteiger partial charge in [0.25, 0.3) is 5.69 Å². The van der Waals surface area contributed by atoms with Crippen molar-refractivity contribution in [2.75, 3.05) is 23.9 Å². The fourth-order valence-corrected chi connectivity index (χ4v) is 4.67. The van der Waals surface area contributed by atoms with E-state index in [0.29, 0.717) is 11.4 Å². The first-order chi connectivity index (χ1) is 13.3. The molecule has 1 saturated heterocycles. The molecule has 0 aromatic heterocycles. The minimum atomic E-state index is -3.38. The molecule has 1 aliphatic rings. The highest BCUT2D eigenvalue weighted by atomic mass is 32.2. The third-order valence-corrected chi connectivity index (χ3v) is 6.02. The number of esters is 1. The summed E-state index contributed by atoms with van der Waals surface area (Å²) in [5.74, 6) is -0.541. The Morgan fingerprint density at radius 2 is 1.75 bits per heavy atom. The number of carbonyl (C=O) groups is 1. The van der Waals surface area contributed by atoms with E-state index in [-0.39, 0.29) is 22.8 Å². The highest BCUT2D eigenvalue weighted by molar-refractivity contribution is 7.91. The standard InChI is InChI=1S/C18H18N2O7S/c1-26-15-8-4-13(5-9-15)19-16-10-28(24,25)11-17(16)27-18(21)12-2-6-14(7-3-12)20(22)23/h2-9,16-17,19H,10-11H2,1H3. The summed E-state index contributed by atoms with van der Waals surface area (Å²) in [6.45, 7) is 0. The van der Waals surface area contributed by atoms with Crippen LogP contribution < -0.4 is 10.1 Å². The second kappa shape index (κ2) is 7.85. The van der Waals surface area contributed by atoms with Crippen molar-refractivity contribution in [3.05, 3.63) is 64.2 Å². The lowest BCUT2D eigenvalue weighted by Crippen LogP contribution is -2.35. The Labute approximate surface area is 161 Å². The first-order valence-electron chi connectivity index (χ1n) is 8.34. The Balaban J connectivity index is 1.72. The van der Waals surface area contributed by atoms with E-state index in [9.17, 15) is 23.3 Å². The second-order valence-electron chi connectivity index (χ2n) is 6.30. The molecule has 1 fully saturated rings. The second-order valence-corrected chi connectivity index (χ2v) is 8.46. The van der Waals surface area contributed by atoms with Gasteiger partial charge in [0.15, 0.2) is 9.84 Å². The molecule has 1 N–H and O–H groups in total. The number of carbonyl (C=O) groups excluding carboxylic acids is 1. The average Bonchev–Trinajstić information content (AvgIpc) is 2.95. The van der Waals surface area contributed by atoms with Gasteiger partial charge in [-0.25, -0.2) is 13.2 Å². The van der Waals surface area contributed by atoms with Crippen LogP contribution in [0.15, 0.2) is 48.5 Å². The Kier molecular flexibility index (Phi) is 5.50. The van der Waals surface area contributed by atoms with Gasteiger partial charge in [-0.3, -0.25) is 10.1 Å². The molecule has 2 aromatic rings. The molecule has 9 nitrogen and oxygen atoms in total. The summed E-state index contributed by atoms with van der Waals surface area (Å²) in [6, 6.07) is 11.2. The van der Waals surface area contributed by atoms with Gasteiger partial charge in [0.05, 0.1) is 35.1 Å². The molecule has 0 saturated carbocycles. The van der Waals surface area contributed by atoms with Gasteiger partial charge in [0, 0.05) is 17.8 Å². The van der Waals surface area contributed by atoms with Crippen LogP contribution in [0.4, 0.5) is 11.4 Å². The van der Waals surface area contributed by atoms with E-state index in [1.54, 1.807) is 31.4 Å². The summed E-state index contributed by atoms with van der Waals surface area (Å²) in [6.07, 6.45) is -0.880. The predicted molar refractivity (Wildman–Crippen MR) is 101 cm³/mol. The molecule has 1 heterocycles. The summed E-state index contributed by atoms with van der Waals surface area (Å²) in [7, 11) is -1.84. The van der Waals surface area contributed by atoms with Crippen molar-refractivity contribution in [3.8, 4) is 5.75 Å². The maximum atomic E-state index is 12.3. The average molecular weight is 406 g/mol. The topological polar surface area (TPSA) is 125 Å². The van der Waals surface area contributed by atoms with Gasteiger partial charge >= 0.3 is 5.97 Å². The minimum Gasteiger partial charge on any atom is -0.497 e. The zero-order valence-corrected chi connectivity index (χ0v) is 15.7. The van der Waals surface area contributed by atoms with Crippen molar-refractivity contribution in [1.29, 1.82) is 0 Å². The van der Waals surface area contributed by atoms with Crippen molar-refractivity contribution >= 4 is 27.2 Å². The van der Waals surface area contributed by atoms with Crippen LogP contribution in [-0.2, 0) is 14.6 Å². The molecule has 0 radical (unpaired) electrons. The Morgan fingerprint density at radius 3 is 2.32 bits per heavy atom. The molecule has 10 heteroatoms. The number of nitro groups is 1. The lowest BCUT2D eigenvalue weighted by Gasteiger charge is -2.21. The molecule has 0 bridgehead atoms. The molecule has 28 heavy (non-hydrogen) atoms. The third-order valence-electron chi connectivity index (χ3n) is 4.31. The van der Waals surface area contributed by atoms with Crippen LogP contribution in [0.5, 0.6) is 5.75 Å². The number of ether oxygens (including phenoxy) is 2. The number of methoxy groups -OCH3 is 1. The summed E-state index contributed by atoms with van der Waals surface area (Å²) in [4.78, 5) is 22.5. The van der Waals surface area contributed by atoms with Crippen molar-refractivity contribution in [3.63, 3.8) is 0 Å². The predicted octanol–water partition coefficient (Wildman–Crippen LogP) is 2.04. The molecule has 2 atom stereocenters. The molecule has 148 valence electrons. The molecule has 2 unspecified atom stereocenters. The fourth-order valence-electron chi connectivity index (χ4n) is 2.89. The van der Waals surface area contributed by atoms with Crippen molar-refractivity contribution in [1.82, 2.24) is 0 Å². The van der Waals surface area contributed by atoms with E-state index >= 15 is 0 Å². The Hall–Kier alpha value is -3.14. The van der Waals surface area contributed by atoms with E-state index in [4.69, 9.17) is 9.47 Å². The number of benzene rings is 2. The van der Waals surface area contributed by atoms with Crippen molar-refractivity contribution in [2.24, 2.45) is 0 Å². The monoisotopic (exact) mass is 406 g/mol. The highest BCUT2D eigenvalue weighted by Crippen LogP contribution is 2.23. The molecular formula is C18H18N2O7S. The number of nitrogens with zero attached hydrogens (tertiary/aromatic N) is 1. The molecule has 0 spiro atoms. The van der Waals surface area contributed by atoms with Crippen LogP contribution in [0.2, 0.25) is 0 Å².